The summed E-state index contributed by atoms with van der Waals surface area (Å²) in [6, 6.07) is 14.0. The van der Waals surface area contributed by atoms with E-state index in [4.69, 9.17) is 4.74 Å². The molecule has 0 bridgehead atoms. The van der Waals surface area contributed by atoms with Crippen LogP contribution in [-0.4, -0.2) is 40.2 Å². The topological polar surface area (TPSA) is 65.0 Å². The van der Waals surface area contributed by atoms with Crippen molar-refractivity contribution in [1.29, 1.82) is 0 Å². The first-order valence-electron chi connectivity index (χ1n) is 10.6. The molecular weight excluding hydrogens is 384 g/mol. The normalized spacial score (nSPS) is 21.4. The zero-order chi connectivity index (χ0) is 20.3. The van der Waals surface area contributed by atoms with Gasteiger partial charge in [0.05, 0.1) is 12.0 Å². The second kappa shape index (κ2) is 9.06. The van der Waals surface area contributed by atoms with E-state index in [0.29, 0.717) is 23.9 Å². The fraction of sp³-hybridized carbons (Fsp3) is 0.478. The number of nitrogens with one attached hydrogen (secondary N) is 1. The van der Waals surface area contributed by atoms with E-state index in [9.17, 15) is 9.11 Å². The van der Waals surface area contributed by atoms with Crippen molar-refractivity contribution in [2.24, 2.45) is 5.92 Å². The maximum Gasteiger partial charge on any atom is 0.122 e. The third-order valence-corrected chi connectivity index (χ3v) is 8.20. The second-order valence-corrected chi connectivity index (χ2v) is 10.1. The fourth-order valence-corrected chi connectivity index (χ4v) is 6.29. The monoisotopic (exact) mass is 416 g/mol. The number of rotatable bonds is 8. The number of hydrogen-bond acceptors (Lipinski definition) is 5. The van der Waals surface area contributed by atoms with Gasteiger partial charge in [0, 0.05) is 13.1 Å². The molecule has 29 heavy (non-hydrogen) atoms. The molecule has 2 aliphatic rings. The molecular formula is C23H32N2O3S. The van der Waals surface area contributed by atoms with Gasteiger partial charge < -0.3 is 10.1 Å². The van der Waals surface area contributed by atoms with Gasteiger partial charge in [-0.25, -0.2) is 0 Å². The smallest absolute Gasteiger partial charge is 0.122 e. The number of nitrogens with zero attached hydrogens (tertiary/aromatic N) is 1. The van der Waals surface area contributed by atoms with Crippen LogP contribution in [0.2, 0.25) is 0 Å². The highest BCUT2D eigenvalue weighted by Gasteiger charge is 2.33. The molecule has 1 unspecified atom stereocenters. The molecule has 1 aliphatic heterocycles. The Balaban J connectivity index is 1.17. The van der Waals surface area contributed by atoms with Gasteiger partial charge in [0.15, 0.2) is 0 Å². The molecule has 2 aromatic rings. The van der Waals surface area contributed by atoms with Crippen molar-refractivity contribution in [3.8, 4) is 5.75 Å². The highest BCUT2D eigenvalue weighted by Crippen LogP contribution is 2.58. The summed E-state index contributed by atoms with van der Waals surface area (Å²) < 4.78 is 28.5. The quantitative estimate of drug-likeness (QED) is 0.544. The SMILES string of the molecule is COc1cccc2c1CC(CNCCCCN1Cc3ccccc3S1(O)O)CC2. The maximum absolute atomic E-state index is 10.5. The largest absolute Gasteiger partial charge is 0.496 e. The lowest BCUT2D eigenvalue weighted by Gasteiger charge is -2.37. The van der Waals surface area contributed by atoms with Gasteiger partial charge in [-0.05, 0) is 79.9 Å². The van der Waals surface area contributed by atoms with Crippen molar-refractivity contribution in [2.45, 2.75) is 43.5 Å². The molecule has 0 spiro atoms. The highest BCUT2D eigenvalue weighted by molar-refractivity contribution is 8.22. The van der Waals surface area contributed by atoms with Crippen molar-refractivity contribution < 1.29 is 13.8 Å². The minimum absolute atomic E-state index is 0.634. The van der Waals surface area contributed by atoms with Gasteiger partial charge >= 0.3 is 0 Å². The summed E-state index contributed by atoms with van der Waals surface area (Å²) in [5.74, 6) is 1.68. The third kappa shape index (κ3) is 4.47. The number of unbranched alkanes of at least 4 members (excludes halogenated alkanes) is 1. The van der Waals surface area contributed by atoms with E-state index in [-0.39, 0.29) is 0 Å². The molecule has 0 saturated carbocycles. The van der Waals surface area contributed by atoms with Crippen LogP contribution in [0.15, 0.2) is 47.4 Å². The molecule has 0 fully saturated rings. The Morgan fingerprint density at radius 1 is 1.10 bits per heavy atom. The average Bonchev–Trinajstić information content (AvgIpc) is 3.00. The Bertz CT molecular complexity index is 828. The Kier molecular flexibility index (Phi) is 6.47. The number of ether oxygens (including phenoxy) is 1. The maximum atomic E-state index is 10.5. The lowest BCUT2D eigenvalue weighted by atomic mass is 9.83. The fourth-order valence-electron chi connectivity index (χ4n) is 4.56. The number of fused-ring (bicyclic) bond motifs is 2. The molecule has 158 valence electrons. The standard InChI is InChI=1S/C23H32N2O3S/c1-28-22-9-6-8-19-12-11-18(15-21(19)22)16-24-13-4-5-14-25-17-20-7-2-3-10-23(20)29(25,26)27/h2-3,6-10,18,24,26-27H,4-5,11-17H2,1H3. The molecule has 0 amide bonds. The zero-order valence-corrected chi connectivity index (χ0v) is 18.0. The molecule has 3 N–H and O–H groups in total. The summed E-state index contributed by atoms with van der Waals surface area (Å²) in [7, 11) is -1.03. The zero-order valence-electron chi connectivity index (χ0n) is 17.1. The molecule has 6 heteroatoms. The number of methoxy groups -OCH3 is 1. The molecule has 5 nitrogen and oxygen atoms in total. The first-order chi connectivity index (χ1) is 14.1. The molecule has 1 aliphatic carbocycles. The molecule has 0 saturated heterocycles. The number of hydrogen-bond donors (Lipinski definition) is 3. The second-order valence-electron chi connectivity index (χ2n) is 8.11. The first kappa shape index (κ1) is 20.7. The van der Waals surface area contributed by atoms with E-state index in [0.717, 1.165) is 50.1 Å². The van der Waals surface area contributed by atoms with Crippen molar-refractivity contribution >= 4 is 10.8 Å². The van der Waals surface area contributed by atoms with Crippen LogP contribution in [0, 0.1) is 5.92 Å². The van der Waals surface area contributed by atoms with Gasteiger partial charge in [0.2, 0.25) is 0 Å². The van der Waals surface area contributed by atoms with Crippen LogP contribution in [0.25, 0.3) is 0 Å². The predicted octanol–water partition coefficient (Wildman–Crippen LogP) is 4.71. The summed E-state index contributed by atoms with van der Waals surface area (Å²) >= 11 is 0. The van der Waals surface area contributed by atoms with E-state index >= 15 is 0 Å². The lowest BCUT2D eigenvalue weighted by molar-refractivity contribution is 0.350. The predicted molar refractivity (Wildman–Crippen MR) is 119 cm³/mol. The van der Waals surface area contributed by atoms with Crippen LogP contribution in [-0.2, 0) is 19.4 Å². The minimum atomic E-state index is -2.79. The molecule has 1 atom stereocenters. The van der Waals surface area contributed by atoms with Crippen LogP contribution in [0.3, 0.4) is 0 Å². The summed E-state index contributed by atoms with van der Waals surface area (Å²) in [5.41, 5.74) is 3.86. The van der Waals surface area contributed by atoms with Gasteiger partial charge in [-0.2, -0.15) is 4.31 Å². The first-order valence-corrected chi connectivity index (χ1v) is 12.1. The third-order valence-electron chi connectivity index (χ3n) is 6.18. The Morgan fingerprint density at radius 3 is 2.76 bits per heavy atom. The lowest BCUT2D eigenvalue weighted by Crippen LogP contribution is -2.29. The summed E-state index contributed by atoms with van der Waals surface area (Å²) in [4.78, 5) is 0.700. The summed E-state index contributed by atoms with van der Waals surface area (Å²) in [5, 5.41) is 3.61. The van der Waals surface area contributed by atoms with Gasteiger partial charge in [0.1, 0.15) is 5.75 Å². The van der Waals surface area contributed by atoms with Crippen molar-refractivity contribution in [3.63, 3.8) is 0 Å². The van der Waals surface area contributed by atoms with E-state index in [1.165, 1.54) is 17.5 Å². The van der Waals surface area contributed by atoms with Crippen LogP contribution >= 0.6 is 10.8 Å². The molecule has 2 aromatic carbocycles. The van der Waals surface area contributed by atoms with Crippen LogP contribution in [0.1, 0.15) is 36.0 Å². The Hall–Kier alpha value is -1.57. The van der Waals surface area contributed by atoms with Crippen molar-refractivity contribution in [1.82, 2.24) is 9.62 Å². The van der Waals surface area contributed by atoms with Crippen LogP contribution in [0.4, 0.5) is 0 Å². The van der Waals surface area contributed by atoms with Gasteiger partial charge in [-0.1, -0.05) is 30.3 Å². The molecule has 0 radical (unpaired) electrons. The molecule has 1 heterocycles. The minimum Gasteiger partial charge on any atom is -0.496 e. The van der Waals surface area contributed by atoms with Gasteiger partial charge in [0.25, 0.3) is 0 Å². The van der Waals surface area contributed by atoms with E-state index in [1.807, 2.05) is 28.6 Å². The van der Waals surface area contributed by atoms with Crippen molar-refractivity contribution in [3.05, 3.63) is 59.2 Å². The number of benzene rings is 2. The van der Waals surface area contributed by atoms with Crippen LogP contribution in [0.5, 0.6) is 5.75 Å². The molecule has 0 aromatic heterocycles. The summed E-state index contributed by atoms with van der Waals surface area (Å²) in [6.45, 7) is 3.35. The van der Waals surface area contributed by atoms with E-state index in [2.05, 4.69) is 23.5 Å². The highest BCUT2D eigenvalue weighted by atomic mass is 32.3. The Morgan fingerprint density at radius 2 is 1.93 bits per heavy atom. The van der Waals surface area contributed by atoms with Crippen LogP contribution < -0.4 is 10.1 Å². The average molecular weight is 417 g/mol. The van der Waals surface area contributed by atoms with Crippen molar-refractivity contribution in [2.75, 3.05) is 26.7 Å². The van der Waals surface area contributed by atoms with E-state index < -0.39 is 10.8 Å². The van der Waals surface area contributed by atoms with E-state index in [1.54, 1.807) is 7.11 Å². The number of aryl methyl sites for hydroxylation is 1. The molecule has 4 rings (SSSR count). The van der Waals surface area contributed by atoms with Gasteiger partial charge in [-0.15, -0.1) is 10.8 Å². The van der Waals surface area contributed by atoms with Gasteiger partial charge in [-0.3, -0.25) is 9.11 Å². The summed E-state index contributed by atoms with van der Waals surface area (Å²) in [6.07, 6.45) is 5.43. The Labute approximate surface area is 175 Å².